The Balaban J connectivity index is 2.30. The van der Waals surface area contributed by atoms with Crippen molar-refractivity contribution in [3.05, 3.63) is 28.8 Å². The molecule has 21 heavy (non-hydrogen) atoms. The van der Waals surface area contributed by atoms with Crippen molar-refractivity contribution >= 4 is 17.6 Å². The van der Waals surface area contributed by atoms with Gasteiger partial charge in [-0.1, -0.05) is 31.9 Å². The van der Waals surface area contributed by atoms with Crippen molar-refractivity contribution in [3.63, 3.8) is 0 Å². The first-order chi connectivity index (χ1) is 10.1. The van der Waals surface area contributed by atoms with E-state index in [9.17, 15) is 4.79 Å². The highest BCUT2D eigenvalue weighted by Crippen LogP contribution is 2.25. The van der Waals surface area contributed by atoms with Crippen molar-refractivity contribution in [1.29, 1.82) is 5.26 Å². The van der Waals surface area contributed by atoms with Crippen molar-refractivity contribution < 1.29 is 14.3 Å². The van der Waals surface area contributed by atoms with E-state index >= 15 is 0 Å². The maximum absolute atomic E-state index is 11.5. The molecule has 5 heteroatoms. The van der Waals surface area contributed by atoms with Crippen LogP contribution in [0.15, 0.2) is 18.2 Å². The van der Waals surface area contributed by atoms with Gasteiger partial charge in [0.2, 0.25) is 0 Å². The summed E-state index contributed by atoms with van der Waals surface area (Å²) in [6, 6.07) is 6.76. The monoisotopic (exact) mass is 309 g/mol. The number of hydrogen-bond donors (Lipinski definition) is 0. The molecule has 1 unspecified atom stereocenters. The Morgan fingerprint density at radius 2 is 2.24 bits per heavy atom. The predicted octanol–water partition coefficient (Wildman–Crippen LogP) is 3.96. The third-order valence-corrected chi connectivity index (χ3v) is 3.23. The topological polar surface area (TPSA) is 59.3 Å². The van der Waals surface area contributed by atoms with Gasteiger partial charge in [0.25, 0.3) is 0 Å². The summed E-state index contributed by atoms with van der Waals surface area (Å²) in [6.07, 6.45) is 2.30. The van der Waals surface area contributed by atoms with E-state index in [2.05, 4.69) is 13.8 Å². The first-order valence-corrected chi connectivity index (χ1v) is 7.42. The van der Waals surface area contributed by atoms with E-state index < -0.39 is 0 Å². The van der Waals surface area contributed by atoms with Crippen molar-refractivity contribution in [1.82, 2.24) is 0 Å². The second kappa shape index (κ2) is 9.25. The van der Waals surface area contributed by atoms with Crippen LogP contribution in [0.3, 0.4) is 0 Å². The van der Waals surface area contributed by atoms with Crippen LogP contribution in [0.4, 0.5) is 0 Å². The number of nitrogens with zero attached hydrogens (tertiary/aromatic N) is 1. The molecule has 0 aromatic heterocycles. The van der Waals surface area contributed by atoms with E-state index in [1.807, 2.05) is 6.07 Å². The maximum atomic E-state index is 11.5. The number of carbonyl (C=O) groups is 1. The second-order valence-electron chi connectivity index (χ2n) is 4.93. The number of carbonyl (C=O) groups excluding carboxylic acids is 1. The average Bonchev–Trinajstić information content (AvgIpc) is 2.47. The number of nitriles is 1. The standard InChI is InChI=1S/C16H20ClNO3/c1-3-4-12(2)11-21-16(19)7-8-20-15-6-5-13(10-18)9-14(15)17/h5-6,9,12H,3-4,7-8,11H2,1-2H3. The van der Waals surface area contributed by atoms with Crippen molar-refractivity contribution in [2.45, 2.75) is 33.1 Å². The highest BCUT2D eigenvalue weighted by molar-refractivity contribution is 6.32. The summed E-state index contributed by atoms with van der Waals surface area (Å²) in [5.74, 6) is 0.568. The predicted molar refractivity (Wildman–Crippen MR) is 81.3 cm³/mol. The largest absolute Gasteiger partial charge is 0.491 e. The number of halogens is 1. The number of hydrogen-bond acceptors (Lipinski definition) is 4. The van der Waals surface area contributed by atoms with Gasteiger partial charge in [-0.05, 0) is 30.5 Å². The molecule has 0 amide bonds. The van der Waals surface area contributed by atoms with Crippen LogP contribution >= 0.6 is 11.6 Å². The third kappa shape index (κ3) is 6.50. The molecule has 0 aliphatic rings. The molecule has 0 aliphatic heterocycles. The summed E-state index contributed by atoms with van der Waals surface area (Å²) in [4.78, 5) is 11.5. The number of benzene rings is 1. The van der Waals surface area contributed by atoms with Gasteiger partial charge in [-0.25, -0.2) is 0 Å². The van der Waals surface area contributed by atoms with Gasteiger partial charge in [-0.3, -0.25) is 4.79 Å². The first-order valence-electron chi connectivity index (χ1n) is 7.04. The summed E-state index contributed by atoms with van der Waals surface area (Å²) in [6.45, 7) is 4.81. The smallest absolute Gasteiger partial charge is 0.309 e. The maximum Gasteiger partial charge on any atom is 0.309 e. The van der Waals surface area contributed by atoms with Crippen LogP contribution in [0.2, 0.25) is 5.02 Å². The number of ether oxygens (including phenoxy) is 2. The molecule has 0 saturated carbocycles. The van der Waals surface area contributed by atoms with Crippen molar-refractivity contribution in [2.75, 3.05) is 13.2 Å². The van der Waals surface area contributed by atoms with E-state index in [-0.39, 0.29) is 19.0 Å². The van der Waals surface area contributed by atoms with Crippen LogP contribution in [0.25, 0.3) is 0 Å². The Labute approximate surface area is 130 Å². The number of esters is 1. The van der Waals surface area contributed by atoms with Gasteiger partial charge in [0.15, 0.2) is 0 Å². The van der Waals surface area contributed by atoms with Gasteiger partial charge in [0.05, 0.1) is 36.3 Å². The molecular weight excluding hydrogens is 290 g/mol. The molecule has 0 bridgehead atoms. The molecule has 0 spiro atoms. The molecule has 1 aromatic carbocycles. The minimum absolute atomic E-state index is 0.176. The molecule has 0 aliphatic carbocycles. The second-order valence-corrected chi connectivity index (χ2v) is 5.34. The minimum atomic E-state index is -0.275. The van der Waals surface area contributed by atoms with Gasteiger partial charge in [-0.15, -0.1) is 0 Å². The zero-order chi connectivity index (χ0) is 15.7. The number of rotatable bonds is 8. The summed E-state index contributed by atoms with van der Waals surface area (Å²) >= 11 is 5.97. The normalized spacial score (nSPS) is 11.5. The van der Waals surface area contributed by atoms with Gasteiger partial charge >= 0.3 is 5.97 Å². The summed E-state index contributed by atoms with van der Waals surface area (Å²) in [5, 5.41) is 9.09. The lowest BCUT2D eigenvalue weighted by molar-refractivity contribution is -0.145. The summed E-state index contributed by atoms with van der Waals surface area (Å²) in [7, 11) is 0. The lowest BCUT2D eigenvalue weighted by Crippen LogP contribution is -2.14. The Hall–Kier alpha value is -1.73. The van der Waals surface area contributed by atoms with Gasteiger partial charge in [-0.2, -0.15) is 5.26 Å². The molecule has 0 saturated heterocycles. The summed E-state index contributed by atoms with van der Waals surface area (Å²) in [5.41, 5.74) is 0.469. The third-order valence-electron chi connectivity index (χ3n) is 2.94. The summed E-state index contributed by atoms with van der Waals surface area (Å²) < 4.78 is 10.6. The fraction of sp³-hybridized carbons (Fsp3) is 0.500. The minimum Gasteiger partial charge on any atom is -0.491 e. The molecule has 0 N–H and O–H groups in total. The van der Waals surface area contributed by atoms with Crippen molar-refractivity contribution in [3.8, 4) is 11.8 Å². The molecule has 114 valence electrons. The molecule has 1 aromatic rings. The van der Waals surface area contributed by atoms with Crippen LogP contribution in [0.5, 0.6) is 5.75 Å². The van der Waals surface area contributed by atoms with E-state index in [0.717, 1.165) is 12.8 Å². The van der Waals surface area contributed by atoms with Crippen LogP contribution in [0.1, 0.15) is 38.7 Å². The van der Waals surface area contributed by atoms with Gasteiger partial charge < -0.3 is 9.47 Å². The lowest BCUT2D eigenvalue weighted by Gasteiger charge is -2.11. The van der Waals surface area contributed by atoms with Crippen LogP contribution in [-0.4, -0.2) is 19.2 Å². The van der Waals surface area contributed by atoms with E-state index in [1.165, 1.54) is 6.07 Å². The van der Waals surface area contributed by atoms with Crippen molar-refractivity contribution in [2.24, 2.45) is 5.92 Å². The fourth-order valence-electron chi connectivity index (χ4n) is 1.82. The highest BCUT2D eigenvalue weighted by Gasteiger charge is 2.08. The zero-order valence-corrected chi connectivity index (χ0v) is 13.2. The van der Waals surface area contributed by atoms with Crippen LogP contribution in [-0.2, 0) is 9.53 Å². The Kier molecular flexibility index (Phi) is 7.63. The van der Waals surface area contributed by atoms with Gasteiger partial charge in [0.1, 0.15) is 5.75 Å². The quantitative estimate of drug-likeness (QED) is 0.682. The molecule has 0 heterocycles. The van der Waals surface area contributed by atoms with E-state index in [1.54, 1.807) is 12.1 Å². The van der Waals surface area contributed by atoms with E-state index in [4.69, 9.17) is 26.3 Å². The molecule has 0 fully saturated rings. The fourth-order valence-corrected chi connectivity index (χ4v) is 2.05. The Morgan fingerprint density at radius 3 is 2.86 bits per heavy atom. The van der Waals surface area contributed by atoms with Crippen LogP contribution in [0, 0.1) is 17.2 Å². The molecule has 0 radical (unpaired) electrons. The van der Waals surface area contributed by atoms with Crippen LogP contribution < -0.4 is 4.74 Å². The Bertz CT molecular complexity index is 511. The molecular formula is C16H20ClNO3. The SMILES string of the molecule is CCCC(C)COC(=O)CCOc1ccc(C#N)cc1Cl. The molecule has 1 atom stereocenters. The molecule has 4 nitrogen and oxygen atoms in total. The zero-order valence-electron chi connectivity index (χ0n) is 12.4. The average molecular weight is 310 g/mol. The van der Waals surface area contributed by atoms with Gasteiger partial charge in [0, 0.05) is 0 Å². The lowest BCUT2D eigenvalue weighted by atomic mass is 10.1. The molecule has 1 rings (SSSR count). The highest BCUT2D eigenvalue weighted by atomic mass is 35.5. The van der Waals surface area contributed by atoms with E-state index in [0.29, 0.717) is 28.9 Å². The first kappa shape index (κ1) is 17.3. The Morgan fingerprint density at radius 1 is 1.48 bits per heavy atom.